The number of hydrogen-bond acceptors (Lipinski definition) is 4. The number of aliphatic hydroxyl groups is 1. The van der Waals surface area contributed by atoms with Crippen LogP contribution < -0.4 is 5.32 Å². The summed E-state index contributed by atoms with van der Waals surface area (Å²) in [7, 11) is 0. The van der Waals surface area contributed by atoms with E-state index in [4.69, 9.17) is 16.7 Å². The number of nitrogens with one attached hydrogen (secondary N) is 1. The van der Waals surface area contributed by atoms with Gasteiger partial charge in [0.2, 0.25) is 0 Å². The molecule has 5 heteroatoms. The van der Waals surface area contributed by atoms with Crippen molar-refractivity contribution in [2.75, 3.05) is 11.9 Å². The minimum Gasteiger partial charge on any atom is -0.394 e. The molecule has 0 bridgehead atoms. The molecule has 0 aliphatic rings. The molecule has 2 N–H and O–H groups in total. The number of halogens is 1. The molecule has 1 aromatic heterocycles. The van der Waals surface area contributed by atoms with Crippen molar-refractivity contribution in [1.82, 2.24) is 9.97 Å². The SMILES string of the molecule is Cc1nc(Cl)c(C)c(NC(C)(C)CO)n1. The second-order valence-corrected chi connectivity index (χ2v) is 4.56. The van der Waals surface area contributed by atoms with E-state index in [1.165, 1.54) is 0 Å². The molecule has 4 nitrogen and oxygen atoms in total. The van der Waals surface area contributed by atoms with Gasteiger partial charge in [0.15, 0.2) is 0 Å². The Kier molecular flexibility index (Phi) is 3.52. The van der Waals surface area contributed by atoms with Gasteiger partial charge in [-0.1, -0.05) is 11.6 Å². The van der Waals surface area contributed by atoms with Crippen LogP contribution in [0.25, 0.3) is 0 Å². The number of anilines is 1. The van der Waals surface area contributed by atoms with Crippen molar-refractivity contribution in [2.45, 2.75) is 33.2 Å². The first-order chi connectivity index (χ1) is 6.85. The summed E-state index contributed by atoms with van der Waals surface area (Å²) in [5, 5.41) is 12.7. The van der Waals surface area contributed by atoms with Crippen LogP contribution in [0.4, 0.5) is 5.82 Å². The summed E-state index contributed by atoms with van der Waals surface area (Å²) in [6.07, 6.45) is 0. The smallest absolute Gasteiger partial charge is 0.137 e. The highest BCUT2D eigenvalue weighted by atomic mass is 35.5. The minimum atomic E-state index is -0.422. The Morgan fingerprint density at radius 1 is 1.33 bits per heavy atom. The summed E-state index contributed by atoms with van der Waals surface area (Å²) >= 11 is 5.94. The highest BCUT2D eigenvalue weighted by molar-refractivity contribution is 6.30. The van der Waals surface area contributed by atoms with Crippen molar-refractivity contribution in [3.05, 3.63) is 16.5 Å². The van der Waals surface area contributed by atoms with Crippen LogP contribution in [0, 0.1) is 13.8 Å². The molecule has 15 heavy (non-hydrogen) atoms. The van der Waals surface area contributed by atoms with Gasteiger partial charge in [0, 0.05) is 5.56 Å². The van der Waals surface area contributed by atoms with E-state index in [1.807, 2.05) is 20.8 Å². The maximum Gasteiger partial charge on any atom is 0.137 e. The van der Waals surface area contributed by atoms with Crippen molar-refractivity contribution < 1.29 is 5.11 Å². The van der Waals surface area contributed by atoms with E-state index >= 15 is 0 Å². The first-order valence-corrected chi connectivity index (χ1v) is 5.13. The lowest BCUT2D eigenvalue weighted by Crippen LogP contribution is -2.35. The molecule has 1 rings (SSSR count). The predicted octanol–water partition coefficient (Wildman–Crippen LogP) is 1.93. The molecule has 0 aromatic carbocycles. The zero-order valence-electron chi connectivity index (χ0n) is 9.43. The highest BCUT2D eigenvalue weighted by Crippen LogP contribution is 2.22. The van der Waals surface area contributed by atoms with Crippen LogP contribution in [0.2, 0.25) is 5.15 Å². The molecule has 0 saturated carbocycles. The maximum atomic E-state index is 9.15. The van der Waals surface area contributed by atoms with Gasteiger partial charge in [-0.25, -0.2) is 9.97 Å². The lowest BCUT2D eigenvalue weighted by atomic mass is 10.1. The Labute approximate surface area is 94.7 Å². The standard InChI is InChI=1S/C10H16ClN3O/c1-6-8(11)12-7(2)13-9(6)14-10(3,4)5-15/h15H,5H2,1-4H3,(H,12,13,14). The summed E-state index contributed by atoms with van der Waals surface area (Å²) < 4.78 is 0. The van der Waals surface area contributed by atoms with E-state index in [2.05, 4.69) is 15.3 Å². The number of hydrogen-bond donors (Lipinski definition) is 2. The van der Waals surface area contributed by atoms with Crippen LogP contribution in [0.3, 0.4) is 0 Å². The van der Waals surface area contributed by atoms with Gasteiger partial charge in [-0.05, 0) is 27.7 Å². The maximum absolute atomic E-state index is 9.15. The molecule has 0 fully saturated rings. The molecule has 0 aliphatic carbocycles. The topological polar surface area (TPSA) is 58.0 Å². The molecule has 1 aromatic rings. The molecular formula is C10H16ClN3O. The Hall–Kier alpha value is -0.870. The Bertz CT molecular complexity index is 366. The molecular weight excluding hydrogens is 214 g/mol. The van der Waals surface area contributed by atoms with E-state index < -0.39 is 5.54 Å². The van der Waals surface area contributed by atoms with Crippen LogP contribution in [-0.2, 0) is 0 Å². The van der Waals surface area contributed by atoms with Crippen molar-refractivity contribution in [3.63, 3.8) is 0 Å². The summed E-state index contributed by atoms with van der Waals surface area (Å²) in [6, 6.07) is 0. The average Bonchev–Trinajstić information content (AvgIpc) is 2.13. The summed E-state index contributed by atoms with van der Waals surface area (Å²) in [4.78, 5) is 8.29. The zero-order valence-corrected chi connectivity index (χ0v) is 10.2. The van der Waals surface area contributed by atoms with E-state index in [-0.39, 0.29) is 6.61 Å². The van der Waals surface area contributed by atoms with Crippen LogP contribution in [0.1, 0.15) is 25.2 Å². The normalized spacial score (nSPS) is 11.6. The molecule has 0 atom stereocenters. The number of aliphatic hydroxyl groups excluding tert-OH is 1. The van der Waals surface area contributed by atoms with Gasteiger partial charge in [0.05, 0.1) is 12.1 Å². The predicted molar refractivity (Wildman–Crippen MR) is 61.3 cm³/mol. The van der Waals surface area contributed by atoms with E-state index in [9.17, 15) is 0 Å². The van der Waals surface area contributed by atoms with Crippen LogP contribution >= 0.6 is 11.6 Å². The zero-order chi connectivity index (χ0) is 11.6. The van der Waals surface area contributed by atoms with Gasteiger partial charge in [0.1, 0.15) is 16.8 Å². The fraction of sp³-hybridized carbons (Fsp3) is 0.600. The number of nitrogens with zero attached hydrogens (tertiary/aromatic N) is 2. The molecule has 0 radical (unpaired) electrons. The van der Waals surface area contributed by atoms with E-state index in [1.54, 1.807) is 6.92 Å². The number of aromatic nitrogens is 2. The monoisotopic (exact) mass is 229 g/mol. The molecule has 84 valence electrons. The van der Waals surface area contributed by atoms with Crippen molar-refractivity contribution >= 4 is 17.4 Å². The molecule has 0 saturated heterocycles. The third kappa shape index (κ3) is 3.04. The largest absolute Gasteiger partial charge is 0.394 e. The lowest BCUT2D eigenvalue weighted by Gasteiger charge is -2.25. The molecule has 0 spiro atoms. The summed E-state index contributed by atoms with van der Waals surface area (Å²) in [6.45, 7) is 7.42. The third-order valence-corrected chi connectivity index (χ3v) is 2.42. The minimum absolute atomic E-state index is 0.0209. The van der Waals surface area contributed by atoms with Crippen LogP contribution in [-0.4, -0.2) is 27.2 Å². The van der Waals surface area contributed by atoms with Gasteiger partial charge in [-0.3, -0.25) is 0 Å². The third-order valence-electron chi connectivity index (χ3n) is 2.05. The number of rotatable bonds is 3. The Morgan fingerprint density at radius 2 is 1.93 bits per heavy atom. The Morgan fingerprint density at radius 3 is 2.47 bits per heavy atom. The first kappa shape index (κ1) is 12.2. The van der Waals surface area contributed by atoms with Crippen molar-refractivity contribution in [1.29, 1.82) is 0 Å². The fourth-order valence-corrected chi connectivity index (χ4v) is 1.29. The van der Waals surface area contributed by atoms with Crippen molar-refractivity contribution in [2.24, 2.45) is 0 Å². The van der Waals surface area contributed by atoms with Gasteiger partial charge < -0.3 is 10.4 Å². The fourth-order valence-electron chi connectivity index (χ4n) is 1.08. The molecule has 0 aliphatic heterocycles. The second kappa shape index (κ2) is 4.33. The number of aryl methyl sites for hydroxylation is 1. The van der Waals surface area contributed by atoms with Crippen molar-refractivity contribution in [3.8, 4) is 0 Å². The van der Waals surface area contributed by atoms with Gasteiger partial charge in [-0.15, -0.1) is 0 Å². The second-order valence-electron chi connectivity index (χ2n) is 4.20. The van der Waals surface area contributed by atoms with Gasteiger partial charge >= 0.3 is 0 Å². The van der Waals surface area contributed by atoms with Crippen LogP contribution in [0.15, 0.2) is 0 Å². The van der Waals surface area contributed by atoms with Gasteiger partial charge in [0.25, 0.3) is 0 Å². The molecule has 1 heterocycles. The quantitative estimate of drug-likeness (QED) is 0.778. The summed E-state index contributed by atoms with van der Waals surface area (Å²) in [5.41, 5.74) is 0.373. The van der Waals surface area contributed by atoms with E-state index in [0.717, 1.165) is 5.56 Å². The van der Waals surface area contributed by atoms with Gasteiger partial charge in [-0.2, -0.15) is 0 Å². The molecule has 0 unspecified atom stereocenters. The highest BCUT2D eigenvalue weighted by Gasteiger charge is 2.18. The van der Waals surface area contributed by atoms with Crippen LogP contribution in [0.5, 0.6) is 0 Å². The lowest BCUT2D eigenvalue weighted by molar-refractivity contribution is 0.234. The average molecular weight is 230 g/mol. The summed E-state index contributed by atoms with van der Waals surface area (Å²) in [5.74, 6) is 1.29. The Balaban J connectivity index is 3.05. The molecule has 0 amide bonds. The van der Waals surface area contributed by atoms with E-state index in [0.29, 0.717) is 16.8 Å². The first-order valence-electron chi connectivity index (χ1n) is 4.75.